The number of likely N-dealkylation sites (tertiary alicyclic amines) is 1. The van der Waals surface area contributed by atoms with Gasteiger partial charge < -0.3 is 10.6 Å². The zero-order valence-electron chi connectivity index (χ0n) is 8.84. The van der Waals surface area contributed by atoms with Crippen molar-refractivity contribution in [3.05, 3.63) is 0 Å². The third-order valence-electron chi connectivity index (χ3n) is 2.66. The molecule has 1 aliphatic heterocycles. The molecule has 76 valence electrons. The second-order valence-corrected chi connectivity index (χ2v) is 4.42. The normalized spacial score (nSPS) is 23.7. The van der Waals surface area contributed by atoms with Crippen LogP contribution in [0.3, 0.4) is 0 Å². The van der Waals surface area contributed by atoms with Gasteiger partial charge in [-0.25, -0.2) is 0 Å². The van der Waals surface area contributed by atoms with Crippen LogP contribution < -0.4 is 5.73 Å². The maximum absolute atomic E-state index is 11.8. The number of amides is 1. The van der Waals surface area contributed by atoms with Crippen molar-refractivity contribution >= 4 is 5.91 Å². The Morgan fingerprint density at radius 1 is 1.62 bits per heavy atom. The van der Waals surface area contributed by atoms with E-state index in [0.29, 0.717) is 6.04 Å². The predicted molar refractivity (Wildman–Crippen MR) is 53.3 cm³/mol. The van der Waals surface area contributed by atoms with Gasteiger partial charge in [0.25, 0.3) is 0 Å². The summed E-state index contributed by atoms with van der Waals surface area (Å²) in [6.45, 7) is 6.57. The van der Waals surface area contributed by atoms with Gasteiger partial charge in [-0.1, -0.05) is 6.92 Å². The van der Waals surface area contributed by atoms with E-state index in [1.807, 2.05) is 4.90 Å². The summed E-state index contributed by atoms with van der Waals surface area (Å²) >= 11 is 0. The Bertz CT molecular complexity index is 196. The molecule has 1 heterocycles. The molecule has 0 aromatic heterocycles. The fourth-order valence-electron chi connectivity index (χ4n) is 1.90. The summed E-state index contributed by atoms with van der Waals surface area (Å²) in [7, 11) is 0. The molecule has 0 radical (unpaired) electrons. The third kappa shape index (κ3) is 2.21. The van der Waals surface area contributed by atoms with Crippen LogP contribution in [0.2, 0.25) is 0 Å². The van der Waals surface area contributed by atoms with Crippen molar-refractivity contribution < 1.29 is 4.79 Å². The van der Waals surface area contributed by atoms with Crippen molar-refractivity contribution in [3.8, 4) is 0 Å². The highest BCUT2D eigenvalue weighted by Crippen LogP contribution is 2.22. The second-order valence-electron chi connectivity index (χ2n) is 4.42. The molecular formula is C10H20N2O. The third-order valence-corrected chi connectivity index (χ3v) is 2.66. The lowest BCUT2D eigenvalue weighted by Crippen LogP contribution is -2.52. The standard InChI is InChI=1S/C10H20N2O/c1-4-8-6-5-7-12(8)9(13)10(2,3)11/h8H,4-7,11H2,1-3H3. The molecule has 0 spiro atoms. The minimum atomic E-state index is -0.711. The van der Waals surface area contributed by atoms with Gasteiger partial charge in [-0.2, -0.15) is 0 Å². The number of rotatable bonds is 2. The van der Waals surface area contributed by atoms with Crippen molar-refractivity contribution in [2.75, 3.05) is 6.54 Å². The number of nitrogens with zero attached hydrogens (tertiary/aromatic N) is 1. The van der Waals surface area contributed by atoms with Crippen LogP contribution in [0.5, 0.6) is 0 Å². The molecule has 1 fully saturated rings. The number of hydrogen-bond acceptors (Lipinski definition) is 2. The van der Waals surface area contributed by atoms with Crippen LogP contribution in [0.1, 0.15) is 40.0 Å². The maximum atomic E-state index is 11.8. The predicted octanol–water partition coefficient (Wildman–Crippen LogP) is 1.12. The Hall–Kier alpha value is -0.570. The molecule has 1 rings (SSSR count). The minimum absolute atomic E-state index is 0.0943. The molecule has 0 bridgehead atoms. The molecule has 1 amide bonds. The monoisotopic (exact) mass is 184 g/mol. The molecule has 3 nitrogen and oxygen atoms in total. The molecule has 3 heteroatoms. The molecule has 1 saturated heterocycles. The van der Waals surface area contributed by atoms with Crippen molar-refractivity contribution in [2.24, 2.45) is 5.73 Å². The average molecular weight is 184 g/mol. The van der Waals surface area contributed by atoms with Crippen molar-refractivity contribution in [1.82, 2.24) is 4.90 Å². The number of hydrogen-bond donors (Lipinski definition) is 1. The van der Waals surface area contributed by atoms with Crippen LogP contribution in [0.25, 0.3) is 0 Å². The summed E-state index contributed by atoms with van der Waals surface area (Å²) < 4.78 is 0. The molecule has 1 unspecified atom stereocenters. The summed E-state index contributed by atoms with van der Waals surface area (Å²) in [5.74, 6) is 0.0943. The first kappa shape index (κ1) is 10.5. The van der Waals surface area contributed by atoms with Crippen molar-refractivity contribution in [1.29, 1.82) is 0 Å². The quantitative estimate of drug-likeness (QED) is 0.699. The van der Waals surface area contributed by atoms with Gasteiger partial charge in [0.2, 0.25) is 5.91 Å². The topological polar surface area (TPSA) is 46.3 Å². The molecule has 0 aromatic rings. The van der Waals surface area contributed by atoms with E-state index in [1.54, 1.807) is 13.8 Å². The Kier molecular flexibility index (Phi) is 2.96. The maximum Gasteiger partial charge on any atom is 0.242 e. The van der Waals surface area contributed by atoms with E-state index >= 15 is 0 Å². The van der Waals surface area contributed by atoms with E-state index in [0.717, 1.165) is 25.8 Å². The van der Waals surface area contributed by atoms with Crippen LogP contribution >= 0.6 is 0 Å². The lowest BCUT2D eigenvalue weighted by atomic mass is 10.0. The molecular weight excluding hydrogens is 164 g/mol. The summed E-state index contributed by atoms with van der Waals surface area (Å²) in [6, 6.07) is 0.426. The van der Waals surface area contributed by atoms with Gasteiger partial charge in [0.15, 0.2) is 0 Å². The first-order chi connectivity index (χ1) is 5.96. The zero-order valence-corrected chi connectivity index (χ0v) is 8.84. The lowest BCUT2D eigenvalue weighted by Gasteiger charge is -2.30. The number of carbonyl (C=O) groups is 1. The van der Waals surface area contributed by atoms with E-state index in [1.165, 1.54) is 0 Å². The average Bonchev–Trinajstić information content (AvgIpc) is 2.48. The fraction of sp³-hybridized carbons (Fsp3) is 0.900. The van der Waals surface area contributed by atoms with Crippen molar-refractivity contribution in [3.63, 3.8) is 0 Å². The molecule has 0 saturated carbocycles. The summed E-state index contributed by atoms with van der Waals surface area (Å²) in [6.07, 6.45) is 3.31. The van der Waals surface area contributed by atoms with Crippen LogP contribution in [0.15, 0.2) is 0 Å². The van der Waals surface area contributed by atoms with Gasteiger partial charge in [0, 0.05) is 12.6 Å². The Morgan fingerprint density at radius 2 is 2.23 bits per heavy atom. The second kappa shape index (κ2) is 3.66. The molecule has 2 N–H and O–H groups in total. The van der Waals surface area contributed by atoms with E-state index in [2.05, 4.69) is 6.92 Å². The van der Waals surface area contributed by atoms with Crippen LogP contribution in [-0.2, 0) is 4.79 Å². The molecule has 0 aromatic carbocycles. The minimum Gasteiger partial charge on any atom is -0.338 e. The zero-order chi connectivity index (χ0) is 10.1. The van der Waals surface area contributed by atoms with Gasteiger partial charge in [-0.3, -0.25) is 4.79 Å². The number of nitrogens with two attached hydrogens (primary N) is 1. The van der Waals surface area contributed by atoms with E-state index < -0.39 is 5.54 Å². The first-order valence-corrected chi connectivity index (χ1v) is 5.06. The Balaban J connectivity index is 2.66. The first-order valence-electron chi connectivity index (χ1n) is 5.06. The largest absolute Gasteiger partial charge is 0.338 e. The van der Waals surface area contributed by atoms with Gasteiger partial charge in [-0.05, 0) is 33.1 Å². The molecule has 1 atom stereocenters. The summed E-state index contributed by atoms with van der Waals surface area (Å²) in [5.41, 5.74) is 5.07. The van der Waals surface area contributed by atoms with E-state index in [4.69, 9.17) is 5.73 Å². The molecule has 13 heavy (non-hydrogen) atoms. The Labute approximate surface area is 80.3 Å². The lowest BCUT2D eigenvalue weighted by molar-refractivity contribution is -0.136. The fourth-order valence-corrected chi connectivity index (χ4v) is 1.90. The number of carbonyl (C=O) groups excluding carboxylic acids is 1. The SMILES string of the molecule is CCC1CCCN1C(=O)C(C)(C)N. The molecule has 0 aliphatic carbocycles. The summed E-state index contributed by atoms with van der Waals surface area (Å²) in [4.78, 5) is 13.8. The highest BCUT2D eigenvalue weighted by atomic mass is 16.2. The Morgan fingerprint density at radius 3 is 2.69 bits per heavy atom. The van der Waals surface area contributed by atoms with E-state index in [9.17, 15) is 4.79 Å². The van der Waals surface area contributed by atoms with Crippen LogP contribution in [0, 0.1) is 0 Å². The van der Waals surface area contributed by atoms with E-state index in [-0.39, 0.29) is 5.91 Å². The van der Waals surface area contributed by atoms with Crippen molar-refractivity contribution in [2.45, 2.75) is 51.6 Å². The highest BCUT2D eigenvalue weighted by molar-refractivity contribution is 5.85. The molecule has 1 aliphatic rings. The van der Waals surface area contributed by atoms with Gasteiger partial charge in [-0.15, -0.1) is 0 Å². The smallest absolute Gasteiger partial charge is 0.242 e. The van der Waals surface area contributed by atoms with Crippen LogP contribution in [-0.4, -0.2) is 28.9 Å². The van der Waals surface area contributed by atoms with Crippen LogP contribution in [0.4, 0.5) is 0 Å². The van der Waals surface area contributed by atoms with Gasteiger partial charge in [0.1, 0.15) is 0 Å². The summed E-state index contributed by atoms with van der Waals surface area (Å²) in [5, 5.41) is 0. The van der Waals surface area contributed by atoms with Gasteiger partial charge >= 0.3 is 0 Å². The van der Waals surface area contributed by atoms with Gasteiger partial charge in [0.05, 0.1) is 5.54 Å². The highest BCUT2D eigenvalue weighted by Gasteiger charge is 2.34.